The van der Waals surface area contributed by atoms with Crippen LogP contribution in [0.5, 0.6) is 0 Å². The highest BCUT2D eigenvalue weighted by molar-refractivity contribution is 6.33. The van der Waals surface area contributed by atoms with Crippen molar-refractivity contribution in [2.24, 2.45) is 0 Å². The number of hydrogen-bond acceptors (Lipinski definition) is 2. The van der Waals surface area contributed by atoms with Gasteiger partial charge in [0.25, 0.3) is 5.91 Å². The Bertz CT molecular complexity index is 1090. The van der Waals surface area contributed by atoms with Crippen molar-refractivity contribution in [2.45, 2.75) is 13.1 Å². The van der Waals surface area contributed by atoms with E-state index < -0.39 is 0 Å². The minimum absolute atomic E-state index is 0.209. The average molecular weight is 376 g/mol. The molecule has 0 atom stereocenters. The summed E-state index contributed by atoms with van der Waals surface area (Å²) in [4.78, 5) is 17.2. The van der Waals surface area contributed by atoms with Gasteiger partial charge in [-0.3, -0.25) is 4.79 Å². The van der Waals surface area contributed by atoms with Gasteiger partial charge in [0.05, 0.1) is 28.2 Å². The van der Waals surface area contributed by atoms with Crippen LogP contribution in [0.1, 0.15) is 21.7 Å². The quantitative estimate of drug-likeness (QED) is 0.551. The third-order valence-corrected chi connectivity index (χ3v) is 4.77. The van der Waals surface area contributed by atoms with E-state index in [4.69, 9.17) is 16.6 Å². The minimum atomic E-state index is -0.209. The number of nitrogens with zero attached hydrogens (tertiary/aromatic N) is 2. The normalized spacial score (nSPS) is 10.9. The molecule has 27 heavy (non-hydrogen) atoms. The van der Waals surface area contributed by atoms with Crippen molar-refractivity contribution in [3.8, 4) is 0 Å². The van der Waals surface area contributed by atoms with E-state index in [-0.39, 0.29) is 5.91 Å². The molecule has 0 fully saturated rings. The van der Waals surface area contributed by atoms with Crippen LogP contribution in [-0.2, 0) is 13.1 Å². The van der Waals surface area contributed by atoms with Crippen molar-refractivity contribution in [3.63, 3.8) is 0 Å². The number of aromatic nitrogens is 2. The Morgan fingerprint density at radius 3 is 2.44 bits per heavy atom. The van der Waals surface area contributed by atoms with Crippen molar-refractivity contribution >= 4 is 28.5 Å². The van der Waals surface area contributed by atoms with Crippen LogP contribution in [0.2, 0.25) is 5.02 Å². The first-order valence-corrected chi connectivity index (χ1v) is 9.11. The number of halogens is 1. The molecule has 134 valence electrons. The summed E-state index contributed by atoms with van der Waals surface area (Å²) in [6, 6.07) is 25.2. The van der Waals surface area contributed by atoms with Crippen LogP contribution in [-0.4, -0.2) is 15.5 Å². The van der Waals surface area contributed by atoms with E-state index in [9.17, 15) is 4.79 Å². The number of nitrogens with one attached hydrogen (secondary N) is 1. The number of hydrogen-bond donors (Lipinski definition) is 1. The third kappa shape index (κ3) is 3.71. The Balaban J connectivity index is 1.62. The highest BCUT2D eigenvalue weighted by atomic mass is 35.5. The second kappa shape index (κ2) is 7.64. The molecule has 0 bridgehead atoms. The molecule has 0 radical (unpaired) electrons. The van der Waals surface area contributed by atoms with E-state index >= 15 is 0 Å². The number of para-hydroxylation sites is 2. The zero-order valence-corrected chi connectivity index (χ0v) is 15.4. The molecule has 1 amide bonds. The second-order valence-electron chi connectivity index (χ2n) is 6.25. The Labute approximate surface area is 162 Å². The number of rotatable bonds is 5. The van der Waals surface area contributed by atoms with Gasteiger partial charge in [-0.1, -0.05) is 66.2 Å². The molecule has 3 aromatic carbocycles. The second-order valence-corrected chi connectivity index (χ2v) is 6.66. The molecular weight excluding hydrogens is 358 g/mol. The van der Waals surface area contributed by atoms with Gasteiger partial charge in [0, 0.05) is 6.54 Å². The monoisotopic (exact) mass is 375 g/mol. The summed E-state index contributed by atoms with van der Waals surface area (Å²) in [6.07, 6.45) is 0. The van der Waals surface area contributed by atoms with Gasteiger partial charge in [-0.15, -0.1) is 0 Å². The van der Waals surface area contributed by atoms with Crippen molar-refractivity contribution < 1.29 is 4.79 Å². The lowest BCUT2D eigenvalue weighted by Crippen LogP contribution is -2.25. The van der Waals surface area contributed by atoms with E-state index in [0.717, 1.165) is 16.9 Å². The Kier molecular flexibility index (Phi) is 4.90. The SMILES string of the molecule is O=C(NCc1nc2ccccc2n1Cc1ccccc1)c1ccccc1Cl. The summed E-state index contributed by atoms with van der Waals surface area (Å²) in [5.74, 6) is 0.597. The molecule has 4 nitrogen and oxygen atoms in total. The summed E-state index contributed by atoms with van der Waals surface area (Å²) in [7, 11) is 0. The predicted molar refractivity (Wildman–Crippen MR) is 108 cm³/mol. The van der Waals surface area contributed by atoms with Crippen LogP contribution in [0.15, 0.2) is 78.9 Å². The van der Waals surface area contributed by atoms with E-state index in [1.165, 1.54) is 5.56 Å². The number of amides is 1. The summed E-state index contributed by atoms with van der Waals surface area (Å²) in [5, 5.41) is 3.37. The van der Waals surface area contributed by atoms with Crippen LogP contribution >= 0.6 is 11.6 Å². The van der Waals surface area contributed by atoms with Gasteiger partial charge in [0.2, 0.25) is 0 Å². The van der Waals surface area contributed by atoms with E-state index in [2.05, 4.69) is 22.0 Å². The molecule has 1 heterocycles. The van der Waals surface area contributed by atoms with Crippen molar-refractivity contribution in [1.82, 2.24) is 14.9 Å². The lowest BCUT2D eigenvalue weighted by atomic mass is 10.2. The Morgan fingerprint density at radius 1 is 0.926 bits per heavy atom. The fourth-order valence-corrected chi connectivity index (χ4v) is 3.32. The number of fused-ring (bicyclic) bond motifs is 1. The summed E-state index contributed by atoms with van der Waals surface area (Å²) >= 11 is 6.12. The first-order valence-electron chi connectivity index (χ1n) is 8.73. The van der Waals surface area contributed by atoms with E-state index in [0.29, 0.717) is 23.7 Å². The molecule has 5 heteroatoms. The standard InChI is InChI=1S/C22H18ClN3O/c23-18-11-5-4-10-17(18)22(27)24-14-21-25-19-12-6-7-13-20(19)26(21)15-16-8-2-1-3-9-16/h1-13H,14-15H2,(H,24,27). The maximum Gasteiger partial charge on any atom is 0.253 e. The molecule has 0 aliphatic rings. The first kappa shape index (κ1) is 17.3. The fourth-order valence-electron chi connectivity index (χ4n) is 3.10. The topological polar surface area (TPSA) is 46.9 Å². The molecule has 1 N–H and O–H groups in total. The van der Waals surface area contributed by atoms with Crippen LogP contribution in [0.25, 0.3) is 11.0 Å². The number of imidazole rings is 1. The summed E-state index contributed by atoms with van der Waals surface area (Å²) < 4.78 is 2.14. The maximum absolute atomic E-state index is 12.5. The molecule has 0 spiro atoms. The van der Waals surface area contributed by atoms with Crippen molar-refractivity contribution in [2.75, 3.05) is 0 Å². The smallest absolute Gasteiger partial charge is 0.253 e. The van der Waals surface area contributed by atoms with Crippen LogP contribution in [0, 0.1) is 0 Å². The molecular formula is C22H18ClN3O. The molecule has 4 aromatic rings. The zero-order valence-electron chi connectivity index (χ0n) is 14.6. The molecule has 0 aliphatic heterocycles. The van der Waals surface area contributed by atoms with Crippen LogP contribution < -0.4 is 5.32 Å². The molecule has 0 saturated heterocycles. The minimum Gasteiger partial charge on any atom is -0.345 e. The van der Waals surface area contributed by atoms with E-state index in [1.54, 1.807) is 24.3 Å². The van der Waals surface area contributed by atoms with Gasteiger partial charge in [0.15, 0.2) is 0 Å². The third-order valence-electron chi connectivity index (χ3n) is 4.44. The molecule has 0 unspecified atom stereocenters. The number of carbonyl (C=O) groups excluding carboxylic acids is 1. The van der Waals surface area contributed by atoms with Crippen molar-refractivity contribution in [1.29, 1.82) is 0 Å². The van der Waals surface area contributed by atoms with Gasteiger partial charge < -0.3 is 9.88 Å². The van der Waals surface area contributed by atoms with Crippen LogP contribution in [0.4, 0.5) is 0 Å². The molecule has 4 rings (SSSR count). The summed E-state index contributed by atoms with van der Waals surface area (Å²) in [6.45, 7) is 1.02. The van der Waals surface area contributed by atoms with Crippen LogP contribution in [0.3, 0.4) is 0 Å². The molecule has 1 aromatic heterocycles. The Morgan fingerprint density at radius 2 is 1.63 bits per heavy atom. The number of carbonyl (C=O) groups is 1. The highest BCUT2D eigenvalue weighted by Crippen LogP contribution is 2.19. The first-order chi connectivity index (χ1) is 13.2. The van der Waals surface area contributed by atoms with Crippen molar-refractivity contribution in [3.05, 3.63) is 101 Å². The van der Waals surface area contributed by atoms with Gasteiger partial charge in [-0.05, 0) is 29.8 Å². The predicted octanol–water partition coefficient (Wildman–Crippen LogP) is 4.67. The lowest BCUT2D eigenvalue weighted by molar-refractivity contribution is 0.0949. The van der Waals surface area contributed by atoms with Gasteiger partial charge in [0.1, 0.15) is 5.82 Å². The number of benzene rings is 3. The zero-order chi connectivity index (χ0) is 18.6. The summed E-state index contributed by atoms with van der Waals surface area (Å²) in [5.41, 5.74) is 3.60. The van der Waals surface area contributed by atoms with E-state index in [1.807, 2.05) is 42.5 Å². The largest absolute Gasteiger partial charge is 0.345 e. The lowest BCUT2D eigenvalue weighted by Gasteiger charge is -2.11. The highest BCUT2D eigenvalue weighted by Gasteiger charge is 2.14. The maximum atomic E-state index is 12.5. The Hall–Kier alpha value is -3.11. The van der Waals surface area contributed by atoms with Gasteiger partial charge in [-0.25, -0.2) is 4.98 Å². The molecule has 0 aliphatic carbocycles. The fraction of sp³-hybridized carbons (Fsp3) is 0.0909. The van der Waals surface area contributed by atoms with Gasteiger partial charge >= 0.3 is 0 Å². The average Bonchev–Trinajstić information content (AvgIpc) is 3.05. The molecule has 0 saturated carbocycles. The van der Waals surface area contributed by atoms with Gasteiger partial charge in [-0.2, -0.15) is 0 Å².